The molecule has 8 heteroatoms. The summed E-state index contributed by atoms with van der Waals surface area (Å²) in [5, 5.41) is 10.2. The van der Waals surface area contributed by atoms with E-state index in [4.69, 9.17) is 4.42 Å². The van der Waals surface area contributed by atoms with Crippen molar-refractivity contribution in [3.63, 3.8) is 0 Å². The van der Waals surface area contributed by atoms with Crippen molar-refractivity contribution >= 4 is 0 Å². The van der Waals surface area contributed by atoms with Crippen LogP contribution in [-0.2, 0) is 6.42 Å². The standard InChI is InChI=1S/C26H23F3N2O3/c1-14-9-18(28)10-15(2)24(14)31-13-16(5-8-22(31)32)23-25(19-7-6-17(27)11-20(19)29)34-21(30-23)12-26(3,4)33/h5-11,13,33H,12H2,1-4H3. The van der Waals surface area contributed by atoms with Gasteiger partial charge in [0.1, 0.15) is 23.1 Å². The van der Waals surface area contributed by atoms with Gasteiger partial charge < -0.3 is 9.52 Å². The van der Waals surface area contributed by atoms with Crippen molar-refractivity contribution < 1.29 is 22.7 Å². The van der Waals surface area contributed by atoms with E-state index in [-0.39, 0.29) is 34.9 Å². The van der Waals surface area contributed by atoms with E-state index in [1.54, 1.807) is 27.7 Å². The van der Waals surface area contributed by atoms with E-state index < -0.39 is 23.1 Å². The summed E-state index contributed by atoms with van der Waals surface area (Å²) in [5.41, 5.74) is 0.760. The van der Waals surface area contributed by atoms with Crippen LogP contribution in [0.25, 0.3) is 28.3 Å². The van der Waals surface area contributed by atoms with E-state index in [2.05, 4.69) is 4.98 Å². The SMILES string of the molecule is Cc1cc(F)cc(C)c1-n1cc(-c2nc(CC(C)(C)O)oc2-c2ccc(F)cc2F)ccc1=O. The summed E-state index contributed by atoms with van der Waals surface area (Å²) < 4.78 is 49.2. The zero-order chi connectivity index (χ0) is 24.8. The topological polar surface area (TPSA) is 68.3 Å². The molecule has 4 rings (SSSR count). The Hall–Kier alpha value is -3.65. The van der Waals surface area contributed by atoms with E-state index in [1.165, 1.54) is 41.1 Å². The number of hydrogen-bond acceptors (Lipinski definition) is 4. The number of halogens is 3. The van der Waals surface area contributed by atoms with Gasteiger partial charge in [0.05, 0.1) is 23.3 Å². The molecule has 0 saturated heterocycles. The largest absolute Gasteiger partial charge is 0.440 e. The summed E-state index contributed by atoms with van der Waals surface area (Å²) in [7, 11) is 0. The lowest BCUT2D eigenvalue weighted by Gasteiger charge is -2.14. The number of pyridine rings is 1. The predicted octanol–water partition coefficient (Wildman–Crippen LogP) is 5.51. The zero-order valence-electron chi connectivity index (χ0n) is 19.1. The van der Waals surface area contributed by atoms with Gasteiger partial charge in [0.2, 0.25) is 0 Å². The summed E-state index contributed by atoms with van der Waals surface area (Å²) in [4.78, 5) is 17.2. The molecule has 0 bridgehead atoms. The molecule has 2 aromatic heterocycles. The van der Waals surface area contributed by atoms with Crippen molar-refractivity contribution in [3.8, 4) is 28.3 Å². The highest BCUT2D eigenvalue weighted by Crippen LogP contribution is 2.35. The Morgan fingerprint density at radius 2 is 1.68 bits per heavy atom. The van der Waals surface area contributed by atoms with E-state index >= 15 is 0 Å². The molecule has 1 N–H and O–H groups in total. The zero-order valence-corrected chi connectivity index (χ0v) is 19.1. The minimum Gasteiger partial charge on any atom is -0.440 e. The Bertz CT molecular complexity index is 1430. The molecule has 2 aromatic carbocycles. The lowest BCUT2D eigenvalue weighted by molar-refractivity contribution is 0.0739. The van der Waals surface area contributed by atoms with E-state index in [0.717, 1.165) is 12.1 Å². The maximum atomic E-state index is 14.7. The third-order valence-corrected chi connectivity index (χ3v) is 5.31. The third kappa shape index (κ3) is 4.68. The molecular formula is C26H23F3N2O3. The Morgan fingerprint density at radius 3 is 2.29 bits per heavy atom. The number of nitrogens with zero attached hydrogens (tertiary/aromatic N) is 2. The van der Waals surface area contributed by atoms with Gasteiger partial charge in [0.15, 0.2) is 11.7 Å². The van der Waals surface area contributed by atoms with Gasteiger partial charge in [-0.1, -0.05) is 0 Å². The minimum atomic E-state index is -1.15. The van der Waals surface area contributed by atoms with E-state index in [9.17, 15) is 23.1 Å². The molecule has 5 nitrogen and oxygen atoms in total. The van der Waals surface area contributed by atoms with Crippen molar-refractivity contribution in [3.05, 3.63) is 93.5 Å². The van der Waals surface area contributed by atoms with Crippen LogP contribution in [0.3, 0.4) is 0 Å². The molecule has 0 amide bonds. The lowest BCUT2D eigenvalue weighted by atomic mass is 10.1. The predicted molar refractivity (Wildman–Crippen MR) is 122 cm³/mol. The maximum absolute atomic E-state index is 14.7. The van der Waals surface area contributed by atoms with Gasteiger partial charge in [0.25, 0.3) is 5.56 Å². The molecule has 176 valence electrons. The van der Waals surface area contributed by atoms with Crippen LogP contribution in [0.5, 0.6) is 0 Å². The smallest absolute Gasteiger partial charge is 0.255 e. The van der Waals surface area contributed by atoms with Gasteiger partial charge in [-0.15, -0.1) is 0 Å². The van der Waals surface area contributed by atoms with Gasteiger partial charge in [-0.25, -0.2) is 18.2 Å². The average molecular weight is 468 g/mol. The highest BCUT2D eigenvalue weighted by Gasteiger charge is 2.24. The summed E-state index contributed by atoms with van der Waals surface area (Å²) in [6.45, 7) is 6.55. The van der Waals surface area contributed by atoms with Gasteiger partial charge in [0, 0.05) is 23.9 Å². The molecule has 0 saturated carbocycles. The molecule has 0 aliphatic rings. The Kier molecular flexibility index (Phi) is 5.95. The van der Waals surface area contributed by atoms with Crippen LogP contribution >= 0.6 is 0 Å². The number of oxazole rings is 1. The van der Waals surface area contributed by atoms with Gasteiger partial charge in [-0.2, -0.15) is 0 Å². The lowest BCUT2D eigenvalue weighted by Crippen LogP contribution is -2.22. The number of rotatable bonds is 5. The van der Waals surface area contributed by atoms with Crippen LogP contribution in [0.4, 0.5) is 13.2 Å². The summed E-state index contributed by atoms with van der Waals surface area (Å²) in [6.07, 6.45) is 1.56. The molecular weight excluding hydrogens is 445 g/mol. The second-order valence-electron chi connectivity index (χ2n) is 8.91. The first-order valence-electron chi connectivity index (χ1n) is 10.6. The number of aliphatic hydroxyl groups is 1. The molecule has 0 atom stereocenters. The van der Waals surface area contributed by atoms with Gasteiger partial charge in [-0.3, -0.25) is 9.36 Å². The van der Waals surface area contributed by atoms with Crippen molar-refractivity contribution in [2.45, 2.75) is 39.7 Å². The fourth-order valence-corrected chi connectivity index (χ4v) is 3.95. The van der Waals surface area contributed by atoms with Crippen LogP contribution in [0.1, 0.15) is 30.9 Å². The third-order valence-electron chi connectivity index (χ3n) is 5.31. The number of hydrogen-bond donors (Lipinski definition) is 1. The van der Waals surface area contributed by atoms with Crippen molar-refractivity contribution in [2.75, 3.05) is 0 Å². The maximum Gasteiger partial charge on any atom is 0.255 e. The molecule has 0 aliphatic carbocycles. The summed E-state index contributed by atoms with van der Waals surface area (Å²) in [5.74, 6) is -1.81. The highest BCUT2D eigenvalue weighted by atomic mass is 19.1. The number of aromatic nitrogens is 2. The molecule has 0 spiro atoms. The summed E-state index contributed by atoms with van der Waals surface area (Å²) in [6, 6.07) is 8.59. The molecule has 0 radical (unpaired) electrons. The van der Waals surface area contributed by atoms with E-state index in [1.807, 2.05) is 0 Å². The second kappa shape index (κ2) is 8.61. The van der Waals surface area contributed by atoms with Gasteiger partial charge in [-0.05, 0) is 69.2 Å². The average Bonchev–Trinajstić information content (AvgIpc) is 3.10. The van der Waals surface area contributed by atoms with Crippen LogP contribution in [-0.4, -0.2) is 20.3 Å². The molecule has 0 aliphatic heterocycles. The first-order valence-corrected chi connectivity index (χ1v) is 10.6. The monoisotopic (exact) mass is 468 g/mol. The molecule has 4 aromatic rings. The highest BCUT2D eigenvalue weighted by molar-refractivity contribution is 5.77. The van der Waals surface area contributed by atoms with Crippen LogP contribution in [0, 0.1) is 31.3 Å². The minimum absolute atomic E-state index is 0.0159. The fourth-order valence-electron chi connectivity index (χ4n) is 3.95. The van der Waals surface area contributed by atoms with Crippen molar-refractivity contribution in [2.24, 2.45) is 0 Å². The molecule has 2 heterocycles. The quantitative estimate of drug-likeness (QED) is 0.420. The van der Waals surface area contributed by atoms with Gasteiger partial charge >= 0.3 is 0 Å². The number of benzene rings is 2. The summed E-state index contributed by atoms with van der Waals surface area (Å²) >= 11 is 0. The normalized spacial score (nSPS) is 11.8. The van der Waals surface area contributed by atoms with Crippen molar-refractivity contribution in [1.82, 2.24) is 9.55 Å². The first-order chi connectivity index (χ1) is 15.9. The first kappa shape index (κ1) is 23.5. The van der Waals surface area contributed by atoms with Crippen LogP contribution in [0.2, 0.25) is 0 Å². The Balaban J connectivity index is 1.94. The second-order valence-corrected chi connectivity index (χ2v) is 8.91. The molecule has 0 fully saturated rings. The molecule has 0 unspecified atom stereocenters. The van der Waals surface area contributed by atoms with E-state index in [0.29, 0.717) is 22.4 Å². The Morgan fingerprint density at radius 1 is 1.00 bits per heavy atom. The fraction of sp³-hybridized carbons (Fsp3) is 0.231. The Labute approximate surface area is 194 Å². The molecule has 34 heavy (non-hydrogen) atoms. The van der Waals surface area contributed by atoms with Crippen molar-refractivity contribution in [1.29, 1.82) is 0 Å². The van der Waals surface area contributed by atoms with Crippen LogP contribution < -0.4 is 5.56 Å². The number of aryl methyl sites for hydroxylation is 2. The van der Waals surface area contributed by atoms with Crippen LogP contribution in [0.15, 0.2) is 57.9 Å².